The molecule has 1 aliphatic rings. The van der Waals surface area contributed by atoms with Crippen molar-refractivity contribution in [3.05, 3.63) is 41.5 Å². The Labute approximate surface area is 128 Å². The molecule has 0 saturated carbocycles. The predicted molar refractivity (Wildman–Crippen MR) is 88.1 cm³/mol. The molecule has 1 heterocycles. The second-order valence-corrected chi connectivity index (χ2v) is 5.79. The van der Waals surface area contributed by atoms with Gasteiger partial charge in [0, 0.05) is 12.6 Å². The van der Waals surface area contributed by atoms with E-state index in [1.54, 1.807) is 6.08 Å². The number of aryl methyl sites for hydroxylation is 1. The van der Waals surface area contributed by atoms with Gasteiger partial charge in [0.25, 0.3) is 0 Å². The standard InChI is InChI=1S/C18H26N2O/c1-16-7-5-8-17(15-16)9-10-18(21)19-11-6-14-20-12-3-2-4-13-20/h5,7-10,15H,2-4,6,11-14H2,1H3,(H,19,21)/b10-9+. The zero-order valence-corrected chi connectivity index (χ0v) is 13.0. The molecule has 0 radical (unpaired) electrons. The van der Waals surface area contributed by atoms with Gasteiger partial charge in [0.2, 0.25) is 5.91 Å². The highest BCUT2D eigenvalue weighted by Crippen LogP contribution is 2.08. The maximum absolute atomic E-state index is 11.7. The topological polar surface area (TPSA) is 32.3 Å². The van der Waals surface area contributed by atoms with Crippen LogP contribution in [0.1, 0.15) is 36.8 Å². The number of nitrogens with zero attached hydrogens (tertiary/aromatic N) is 1. The van der Waals surface area contributed by atoms with Gasteiger partial charge in [-0.05, 0) is 57.5 Å². The van der Waals surface area contributed by atoms with E-state index in [0.717, 1.165) is 25.1 Å². The molecule has 3 nitrogen and oxygen atoms in total. The van der Waals surface area contributed by atoms with Gasteiger partial charge >= 0.3 is 0 Å². The number of carbonyl (C=O) groups excluding carboxylic acids is 1. The fourth-order valence-electron chi connectivity index (χ4n) is 2.70. The first-order valence-corrected chi connectivity index (χ1v) is 7.99. The number of amides is 1. The summed E-state index contributed by atoms with van der Waals surface area (Å²) in [7, 11) is 0. The second kappa shape index (κ2) is 8.63. The number of likely N-dealkylation sites (tertiary alicyclic amines) is 1. The lowest BCUT2D eigenvalue weighted by Gasteiger charge is -2.26. The normalized spacial score (nSPS) is 16.2. The van der Waals surface area contributed by atoms with E-state index in [1.807, 2.05) is 18.2 Å². The zero-order chi connectivity index (χ0) is 14.9. The molecule has 1 amide bonds. The summed E-state index contributed by atoms with van der Waals surface area (Å²) in [4.78, 5) is 14.2. The number of nitrogens with one attached hydrogen (secondary N) is 1. The van der Waals surface area contributed by atoms with Crippen LogP contribution in [0.5, 0.6) is 0 Å². The van der Waals surface area contributed by atoms with Crippen LogP contribution in [0.25, 0.3) is 6.08 Å². The highest BCUT2D eigenvalue weighted by atomic mass is 16.1. The van der Waals surface area contributed by atoms with Crippen molar-refractivity contribution >= 4 is 12.0 Å². The summed E-state index contributed by atoms with van der Waals surface area (Å²) < 4.78 is 0. The highest BCUT2D eigenvalue weighted by molar-refractivity contribution is 5.91. The number of benzene rings is 1. The van der Waals surface area contributed by atoms with Gasteiger partial charge in [-0.25, -0.2) is 0 Å². The molecule has 0 atom stereocenters. The molecule has 21 heavy (non-hydrogen) atoms. The lowest BCUT2D eigenvalue weighted by atomic mass is 10.1. The Morgan fingerprint density at radius 3 is 2.86 bits per heavy atom. The minimum atomic E-state index is -0.00449. The summed E-state index contributed by atoms with van der Waals surface area (Å²) >= 11 is 0. The Kier molecular flexibility index (Phi) is 6.48. The minimum Gasteiger partial charge on any atom is -0.353 e. The average molecular weight is 286 g/mol. The first kappa shape index (κ1) is 15.8. The molecule has 1 aliphatic heterocycles. The van der Waals surface area contributed by atoms with Crippen molar-refractivity contribution in [1.82, 2.24) is 10.2 Å². The Bertz CT molecular complexity index is 476. The Morgan fingerprint density at radius 2 is 2.10 bits per heavy atom. The summed E-state index contributed by atoms with van der Waals surface area (Å²) in [5.41, 5.74) is 2.28. The van der Waals surface area contributed by atoms with Crippen LogP contribution in [-0.2, 0) is 4.79 Å². The molecule has 0 unspecified atom stereocenters. The summed E-state index contributed by atoms with van der Waals surface area (Å²) in [6, 6.07) is 8.14. The molecule has 0 aromatic heterocycles. The third kappa shape index (κ3) is 6.13. The van der Waals surface area contributed by atoms with Crippen molar-refractivity contribution in [1.29, 1.82) is 0 Å². The molecular weight excluding hydrogens is 260 g/mol. The Morgan fingerprint density at radius 1 is 1.29 bits per heavy atom. The number of rotatable bonds is 6. The van der Waals surface area contributed by atoms with Gasteiger partial charge in [-0.3, -0.25) is 4.79 Å². The number of carbonyl (C=O) groups is 1. The number of hydrogen-bond acceptors (Lipinski definition) is 2. The summed E-state index contributed by atoms with van der Waals surface area (Å²) in [6.45, 7) is 6.36. The molecule has 1 fully saturated rings. The molecule has 1 N–H and O–H groups in total. The van der Waals surface area contributed by atoms with Gasteiger partial charge in [0.05, 0.1) is 0 Å². The van der Waals surface area contributed by atoms with E-state index in [1.165, 1.54) is 37.9 Å². The average Bonchev–Trinajstić information content (AvgIpc) is 2.51. The van der Waals surface area contributed by atoms with Gasteiger partial charge in [0.1, 0.15) is 0 Å². The first-order valence-electron chi connectivity index (χ1n) is 7.99. The van der Waals surface area contributed by atoms with Crippen LogP contribution in [0.4, 0.5) is 0 Å². The molecule has 1 aromatic rings. The van der Waals surface area contributed by atoms with E-state index < -0.39 is 0 Å². The van der Waals surface area contributed by atoms with Crippen LogP contribution in [0.3, 0.4) is 0 Å². The molecular formula is C18H26N2O. The second-order valence-electron chi connectivity index (χ2n) is 5.79. The molecule has 2 rings (SSSR count). The molecule has 1 saturated heterocycles. The van der Waals surface area contributed by atoms with Crippen LogP contribution >= 0.6 is 0 Å². The van der Waals surface area contributed by atoms with Crippen molar-refractivity contribution in [2.24, 2.45) is 0 Å². The van der Waals surface area contributed by atoms with Crippen molar-refractivity contribution in [2.75, 3.05) is 26.2 Å². The fraction of sp³-hybridized carbons (Fsp3) is 0.500. The number of hydrogen-bond donors (Lipinski definition) is 1. The third-order valence-electron chi connectivity index (χ3n) is 3.87. The molecule has 1 aromatic carbocycles. The van der Waals surface area contributed by atoms with Gasteiger partial charge in [0.15, 0.2) is 0 Å². The fourth-order valence-corrected chi connectivity index (χ4v) is 2.70. The van der Waals surface area contributed by atoms with E-state index in [-0.39, 0.29) is 5.91 Å². The van der Waals surface area contributed by atoms with E-state index in [2.05, 4.69) is 29.3 Å². The third-order valence-corrected chi connectivity index (χ3v) is 3.87. The van der Waals surface area contributed by atoms with Crippen LogP contribution in [-0.4, -0.2) is 37.0 Å². The molecule has 0 bridgehead atoms. The lowest BCUT2D eigenvalue weighted by molar-refractivity contribution is -0.116. The van der Waals surface area contributed by atoms with Crippen LogP contribution in [0, 0.1) is 6.92 Å². The van der Waals surface area contributed by atoms with E-state index in [4.69, 9.17) is 0 Å². The maximum atomic E-state index is 11.7. The largest absolute Gasteiger partial charge is 0.353 e. The van der Waals surface area contributed by atoms with Crippen molar-refractivity contribution in [3.8, 4) is 0 Å². The van der Waals surface area contributed by atoms with E-state index >= 15 is 0 Å². The van der Waals surface area contributed by atoms with Gasteiger partial charge in [-0.15, -0.1) is 0 Å². The van der Waals surface area contributed by atoms with Gasteiger partial charge in [-0.1, -0.05) is 36.2 Å². The first-order chi connectivity index (χ1) is 10.2. The molecule has 0 aliphatic carbocycles. The molecule has 0 spiro atoms. The molecule has 114 valence electrons. The SMILES string of the molecule is Cc1cccc(/C=C/C(=O)NCCCN2CCCCC2)c1. The minimum absolute atomic E-state index is 0.00449. The smallest absolute Gasteiger partial charge is 0.243 e. The zero-order valence-electron chi connectivity index (χ0n) is 13.0. The van der Waals surface area contributed by atoms with Crippen molar-refractivity contribution in [2.45, 2.75) is 32.6 Å². The summed E-state index contributed by atoms with van der Waals surface area (Å²) in [5, 5.41) is 2.95. The van der Waals surface area contributed by atoms with Crippen LogP contribution in [0.15, 0.2) is 30.3 Å². The Hall–Kier alpha value is -1.61. The summed E-state index contributed by atoms with van der Waals surface area (Å²) in [5.74, 6) is -0.00449. The van der Waals surface area contributed by atoms with E-state index in [9.17, 15) is 4.79 Å². The lowest BCUT2D eigenvalue weighted by Crippen LogP contribution is -2.33. The maximum Gasteiger partial charge on any atom is 0.243 e. The van der Waals surface area contributed by atoms with Crippen LogP contribution < -0.4 is 5.32 Å². The summed E-state index contributed by atoms with van der Waals surface area (Å²) in [6.07, 6.45) is 8.54. The monoisotopic (exact) mass is 286 g/mol. The number of piperidine rings is 1. The highest BCUT2D eigenvalue weighted by Gasteiger charge is 2.08. The quantitative estimate of drug-likeness (QED) is 0.644. The van der Waals surface area contributed by atoms with Crippen molar-refractivity contribution in [3.63, 3.8) is 0 Å². The van der Waals surface area contributed by atoms with Gasteiger partial charge in [-0.2, -0.15) is 0 Å². The predicted octanol–water partition coefficient (Wildman–Crippen LogP) is 3.00. The van der Waals surface area contributed by atoms with E-state index in [0.29, 0.717) is 0 Å². The Balaban J connectivity index is 1.63. The molecule has 3 heteroatoms. The van der Waals surface area contributed by atoms with Gasteiger partial charge < -0.3 is 10.2 Å². The van der Waals surface area contributed by atoms with Crippen LogP contribution in [0.2, 0.25) is 0 Å². The van der Waals surface area contributed by atoms with Crippen molar-refractivity contribution < 1.29 is 4.79 Å².